The lowest BCUT2D eigenvalue weighted by Gasteiger charge is -2.19. The van der Waals surface area contributed by atoms with Crippen LogP contribution >= 0.6 is 0 Å². The third-order valence-corrected chi connectivity index (χ3v) is 1.33. The lowest BCUT2D eigenvalue weighted by atomic mass is 10.3. The van der Waals surface area contributed by atoms with Gasteiger partial charge in [0, 0.05) is 6.54 Å². The first-order chi connectivity index (χ1) is 4.84. The topological polar surface area (TPSA) is 49.6 Å². The molecule has 0 aromatic carbocycles. The van der Waals surface area contributed by atoms with E-state index < -0.39 is 6.04 Å². The van der Waals surface area contributed by atoms with Gasteiger partial charge in [-0.05, 0) is 0 Å². The van der Waals surface area contributed by atoms with Crippen LogP contribution in [-0.2, 0) is 14.3 Å². The van der Waals surface area contributed by atoms with E-state index in [4.69, 9.17) is 4.74 Å². The molecule has 10 heavy (non-hydrogen) atoms. The minimum atomic E-state index is -0.390. The van der Waals surface area contributed by atoms with Gasteiger partial charge in [0.2, 0.25) is 0 Å². The van der Waals surface area contributed by atoms with Crippen molar-refractivity contribution >= 4 is 5.97 Å². The Morgan fingerprint density at radius 1 is 1.80 bits per heavy atom. The first-order valence-corrected chi connectivity index (χ1v) is 3.17. The van der Waals surface area contributed by atoms with E-state index >= 15 is 0 Å². The molecular weight excluding hydrogens is 134 g/mol. The molecule has 0 aromatic rings. The minimum absolute atomic E-state index is 0.306. The van der Waals surface area contributed by atoms with Crippen molar-refractivity contribution in [2.45, 2.75) is 6.04 Å². The van der Waals surface area contributed by atoms with Crippen LogP contribution in [0.5, 0.6) is 0 Å². The van der Waals surface area contributed by atoms with Crippen LogP contribution in [0.3, 0.4) is 0 Å². The molecule has 0 N–H and O–H groups in total. The summed E-state index contributed by atoms with van der Waals surface area (Å²) in [5, 5.41) is 4.00. The number of carbonyl (C=O) groups is 1. The van der Waals surface area contributed by atoms with Crippen molar-refractivity contribution in [3.63, 3.8) is 0 Å². The summed E-state index contributed by atoms with van der Waals surface area (Å²) in [5.74, 6) is -0.306. The minimum Gasteiger partial charge on any atom is -0.468 e. The number of morpholine rings is 1. The first-order valence-electron chi connectivity index (χ1n) is 3.17. The summed E-state index contributed by atoms with van der Waals surface area (Å²) in [6, 6.07) is -0.390. The molecule has 4 nitrogen and oxygen atoms in total. The lowest BCUT2D eigenvalue weighted by Crippen LogP contribution is -2.42. The number of carbonyl (C=O) groups excluding carboxylic acids is 1. The van der Waals surface area contributed by atoms with E-state index in [1.165, 1.54) is 7.11 Å². The Morgan fingerprint density at radius 2 is 2.60 bits per heavy atom. The average Bonchev–Trinajstić information content (AvgIpc) is 2.05. The van der Waals surface area contributed by atoms with Crippen molar-refractivity contribution < 1.29 is 14.3 Å². The zero-order valence-corrected chi connectivity index (χ0v) is 5.87. The Bertz CT molecular complexity index is 120. The summed E-state index contributed by atoms with van der Waals surface area (Å²) >= 11 is 0. The maximum Gasteiger partial charge on any atom is 0.326 e. The molecule has 1 aliphatic rings. The molecule has 0 aliphatic carbocycles. The van der Waals surface area contributed by atoms with Crippen LogP contribution < -0.4 is 5.32 Å². The van der Waals surface area contributed by atoms with Crippen LogP contribution in [0, 0.1) is 0 Å². The first kappa shape index (κ1) is 7.50. The second kappa shape index (κ2) is 3.53. The third kappa shape index (κ3) is 1.68. The van der Waals surface area contributed by atoms with Gasteiger partial charge in [-0.2, -0.15) is 0 Å². The second-order valence-electron chi connectivity index (χ2n) is 2.02. The van der Waals surface area contributed by atoms with Crippen LogP contribution in [0.25, 0.3) is 0 Å². The highest BCUT2D eigenvalue weighted by molar-refractivity contribution is 5.75. The molecule has 1 fully saturated rings. The van der Waals surface area contributed by atoms with Crippen LogP contribution in [0.15, 0.2) is 0 Å². The van der Waals surface area contributed by atoms with Crippen LogP contribution in [-0.4, -0.2) is 38.9 Å². The van der Waals surface area contributed by atoms with E-state index in [0.717, 1.165) is 0 Å². The molecule has 0 spiro atoms. The molecule has 1 heterocycles. The smallest absolute Gasteiger partial charge is 0.326 e. The van der Waals surface area contributed by atoms with E-state index in [0.29, 0.717) is 19.8 Å². The summed E-state index contributed by atoms with van der Waals surface area (Å²) in [6.45, 7) is 1.58. The monoisotopic (exact) mass is 144 g/mol. The molecular formula is C6H10NO3. The molecule has 0 aromatic heterocycles. The molecule has 1 atom stereocenters. The van der Waals surface area contributed by atoms with Gasteiger partial charge >= 0.3 is 5.97 Å². The Kier molecular flexibility index (Phi) is 2.65. The molecule has 1 rings (SSSR count). The summed E-state index contributed by atoms with van der Waals surface area (Å²) in [5.41, 5.74) is 0. The number of hydrogen-bond acceptors (Lipinski definition) is 3. The van der Waals surface area contributed by atoms with Crippen molar-refractivity contribution in [3.8, 4) is 0 Å². The number of nitrogens with zero attached hydrogens (tertiary/aromatic N) is 1. The fraction of sp³-hybridized carbons (Fsp3) is 0.833. The van der Waals surface area contributed by atoms with E-state index in [-0.39, 0.29) is 5.97 Å². The fourth-order valence-electron chi connectivity index (χ4n) is 0.799. The quantitative estimate of drug-likeness (QED) is 0.451. The fourth-order valence-corrected chi connectivity index (χ4v) is 0.799. The summed E-state index contributed by atoms with van der Waals surface area (Å²) in [7, 11) is 1.35. The van der Waals surface area contributed by atoms with Gasteiger partial charge in [0.15, 0.2) is 0 Å². The highest BCUT2D eigenvalue weighted by Crippen LogP contribution is 1.96. The van der Waals surface area contributed by atoms with Crippen LogP contribution in [0.4, 0.5) is 0 Å². The van der Waals surface area contributed by atoms with Gasteiger partial charge in [-0.15, -0.1) is 0 Å². The predicted octanol–water partition coefficient (Wildman–Crippen LogP) is -0.837. The number of ether oxygens (including phenoxy) is 2. The molecule has 1 aliphatic heterocycles. The number of hydrogen-bond donors (Lipinski definition) is 0. The van der Waals surface area contributed by atoms with Crippen LogP contribution in [0.1, 0.15) is 0 Å². The molecule has 4 heteroatoms. The van der Waals surface area contributed by atoms with Gasteiger partial charge in [-0.25, -0.2) is 5.32 Å². The van der Waals surface area contributed by atoms with Gasteiger partial charge in [0.05, 0.1) is 20.3 Å². The Balaban J connectivity index is 2.31. The Hall–Kier alpha value is -0.610. The summed E-state index contributed by atoms with van der Waals surface area (Å²) < 4.78 is 9.49. The largest absolute Gasteiger partial charge is 0.468 e. The summed E-state index contributed by atoms with van der Waals surface area (Å²) in [4.78, 5) is 10.8. The second-order valence-corrected chi connectivity index (χ2v) is 2.02. The van der Waals surface area contributed by atoms with Crippen molar-refractivity contribution in [2.75, 3.05) is 26.9 Å². The highest BCUT2D eigenvalue weighted by atomic mass is 16.5. The van der Waals surface area contributed by atoms with Crippen molar-refractivity contribution in [2.24, 2.45) is 0 Å². The molecule has 1 radical (unpaired) electrons. The lowest BCUT2D eigenvalue weighted by molar-refractivity contribution is -0.146. The Labute approximate surface area is 59.5 Å². The van der Waals surface area contributed by atoms with Crippen molar-refractivity contribution in [3.05, 3.63) is 0 Å². The van der Waals surface area contributed by atoms with Crippen molar-refractivity contribution in [1.82, 2.24) is 5.32 Å². The maximum atomic E-state index is 10.8. The molecule has 57 valence electrons. The normalized spacial score (nSPS) is 25.9. The van der Waals surface area contributed by atoms with E-state index in [9.17, 15) is 4.79 Å². The standard InChI is InChI=1S/C6H10NO3/c1-9-6(8)5-4-10-3-2-7-5/h5H,2-4H2,1H3. The van der Waals surface area contributed by atoms with Gasteiger partial charge in [0.1, 0.15) is 6.04 Å². The molecule has 0 amide bonds. The van der Waals surface area contributed by atoms with Gasteiger partial charge in [-0.1, -0.05) is 0 Å². The SMILES string of the molecule is COC(=O)C1COCC[N]1. The molecule has 1 unspecified atom stereocenters. The van der Waals surface area contributed by atoms with Crippen molar-refractivity contribution in [1.29, 1.82) is 0 Å². The van der Waals surface area contributed by atoms with Gasteiger partial charge < -0.3 is 9.47 Å². The zero-order valence-electron chi connectivity index (χ0n) is 5.87. The molecule has 1 saturated heterocycles. The third-order valence-electron chi connectivity index (χ3n) is 1.33. The molecule has 0 bridgehead atoms. The van der Waals surface area contributed by atoms with Crippen LogP contribution in [0.2, 0.25) is 0 Å². The highest BCUT2D eigenvalue weighted by Gasteiger charge is 2.22. The summed E-state index contributed by atoms with van der Waals surface area (Å²) in [6.07, 6.45) is 0. The predicted molar refractivity (Wildman–Crippen MR) is 33.6 cm³/mol. The van der Waals surface area contributed by atoms with E-state index in [2.05, 4.69) is 10.1 Å². The van der Waals surface area contributed by atoms with E-state index in [1.54, 1.807) is 0 Å². The molecule has 0 saturated carbocycles. The maximum absolute atomic E-state index is 10.8. The van der Waals surface area contributed by atoms with Gasteiger partial charge in [0.25, 0.3) is 0 Å². The van der Waals surface area contributed by atoms with Gasteiger partial charge in [-0.3, -0.25) is 4.79 Å². The van der Waals surface area contributed by atoms with E-state index in [1.807, 2.05) is 0 Å². The zero-order chi connectivity index (χ0) is 7.40. The Morgan fingerprint density at radius 3 is 3.10 bits per heavy atom. The number of esters is 1. The average molecular weight is 144 g/mol. The number of rotatable bonds is 1. The number of methoxy groups -OCH3 is 1.